The molecule has 3 aromatic rings. The number of carbonyl (C=O) groups is 2. The molecule has 0 radical (unpaired) electrons. The standard InChI is InChI=1S/C23H22N2O4/c1-17(22(26)25(2)16-18-10-5-3-6-11-18)28-23(27)20-14-9-15-24-21(20)29-19-12-7-4-8-13-19/h3-15,17H,16H2,1-2H3/t17-/m0/s1. The summed E-state index contributed by atoms with van der Waals surface area (Å²) in [4.78, 5) is 30.9. The fraction of sp³-hybridized carbons (Fsp3) is 0.174. The van der Waals surface area contributed by atoms with Crippen LogP contribution in [0.3, 0.4) is 0 Å². The van der Waals surface area contributed by atoms with Crippen molar-refractivity contribution in [2.75, 3.05) is 7.05 Å². The molecule has 1 heterocycles. The molecule has 0 unspecified atom stereocenters. The molecule has 0 aliphatic carbocycles. The Morgan fingerprint density at radius 2 is 1.62 bits per heavy atom. The second-order valence-electron chi connectivity index (χ2n) is 6.50. The van der Waals surface area contributed by atoms with E-state index in [2.05, 4.69) is 4.98 Å². The lowest BCUT2D eigenvalue weighted by Gasteiger charge is -2.21. The van der Waals surface area contributed by atoms with Crippen LogP contribution in [-0.4, -0.2) is 34.9 Å². The van der Waals surface area contributed by atoms with Crippen LogP contribution >= 0.6 is 0 Å². The average molecular weight is 390 g/mol. The Labute approximate surface area is 169 Å². The minimum atomic E-state index is -0.944. The maximum Gasteiger partial charge on any atom is 0.344 e. The molecule has 0 N–H and O–H groups in total. The second-order valence-corrected chi connectivity index (χ2v) is 6.50. The van der Waals surface area contributed by atoms with Crippen LogP contribution < -0.4 is 4.74 Å². The molecule has 2 aromatic carbocycles. The molecule has 1 atom stereocenters. The Morgan fingerprint density at radius 1 is 0.966 bits per heavy atom. The molecule has 0 aliphatic heterocycles. The molecule has 0 spiro atoms. The summed E-state index contributed by atoms with van der Waals surface area (Å²) in [5, 5.41) is 0. The van der Waals surface area contributed by atoms with E-state index in [1.165, 1.54) is 11.1 Å². The number of nitrogens with zero attached hydrogens (tertiary/aromatic N) is 2. The van der Waals surface area contributed by atoms with Gasteiger partial charge in [-0.1, -0.05) is 48.5 Å². The van der Waals surface area contributed by atoms with Crippen LogP contribution in [0.1, 0.15) is 22.8 Å². The molecule has 1 aromatic heterocycles. The quantitative estimate of drug-likeness (QED) is 0.569. The van der Waals surface area contributed by atoms with Gasteiger partial charge in [-0.3, -0.25) is 4.79 Å². The molecular formula is C23H22N2O4. The summed E-state index contributed by atoms with van der Waals surface area (Å²) in [6, 6.07) is 21.8. The molecule has 3 rings (SSSR count). The van der Waals surface area contributed by atoms with Crippen LogP contribution in [0.25, 0.3) is 0 Å². The molecule has 148 valence electrons. The Bertz CT molecular complexity index is 961. The van der Waals surface area contributed by atoms with Gasteiger partial charge in [-0.15, -0.1) is 0 Å². The Kier molecular flexibility index (Phi) is 6.58. The first kappa shape index (κ1) is 20.1. The van der Waals surface area contributed by atoms with Crippen LogP contribution in [0.2, 0.25) is 0 Å². The lowest BCUT2D eigenvalue weighted by atomic mass is 10.2. The number of esters is 1. The lowest BCUT2D eigenvalue weighted by Crippen LogP contribution is -2.37. The van der Waals surface area contributed by atoms with Gasteiger partial charge in [-0.25, -0.2) is 9.78 Å². The van der Waals surface area contributed by atoms with Crippen molar-refractivity contribution in [3.05, 3.63) is 90.1 Å². The maximum absolute atomic E-state index is 12.6. The molecule has 0 bridgehead atoms. The highest BCUT2D eigenvalue weighted by Crippen LogP contribution is 2.23. The van der Waals surface area contributed by atoms with Gasteiger partial charge in [0, 0.05) is 19.8 Å². The number of ether oxygens (including phenoxy) is 2. The maximum atomic E-state index is 12.6. The third-order valence-corrected chi connectivity index (χ3v) is 4.22. The fourth-order valence-electron chi connectivity index (χ4n) is 2.75. The van der Waals surface area contributed by atoms with Crippen molar-refractivity contribution in [3.63, 3.8) is 0 Å². The van der Waals surface area contributed by atoms with E-state index >= 15 is 0 Å². The number of hydrogen-bond donors (Lipinski definition) is 0. The topological polar surface area (TPSA) is 68.7 Å². The van der Waals surface area contributed by atoms with Gasteiger partial charge in [0.2, 0.25) is 5.88 Å². The van der Waals surface area contributed by atoms with Gasteiger partial charge in [0.1, 0.15) is 11.3 Å². The van der Waals surface area contributed by atoms with Gasteiger partial charge in [0.05, 0.1) is 0 Å². The third-order valence-electron chi connectivity index (χ3n) is 4.22. The molecule has 1 amide bonds. The van der Waals surface area contributed by atoms with E-state index in [0.717, 1.165) is 5.56 Å². The molecule has 6 heteroatoms. The van der Waals surface area contributed by atoms with Gasteiger partial charge in [0.25, 0.3) is 5.91 Å². The van der Waals surface area contributed by atoms with E-state index in [-0.39, 0.29) is 17.4 Å². The van der Waals surface area contributed by atoms with E-state index < -0.39 is 12.1 Å². The summed E-state index contributed by atoms with van der Waals surface area (Å²) in [7, 11) is 1.67. The van der Waals surface area contributed by atoms with E-state index in [9.17, 15) is 9.59 Å². The molecular weight excluding hydrogens is 368 g/mol. The van der Waals surface area contributed by atoms with Crippen molar-refractivity contribution in [2.45, 2.75) is 19.6 Å². The lowest BCUT2D eigenvalue weighted by molar-refractivity contribution is -0.139. The number of likely N-dealkylation sites (N-methyl/N-ethyl adjacent to an activating group) is 1. The van der Waals surface area contributed by atoms with E-state index in [0.29, 0.717) is 12.3 Å². The Hall–Kier alpha value is -3.67. The minimum Gasteiger partial charge on any atom is -0.449 e. The molecule has 0 saturated carbocycles. The Balaban J connectivity index is 1.66. The summed E-state index contributed by atoms with van der Waals surface area (Å²) in [5.74, 6) is -0.289. The molecule has 0 aliphatic rings. The van der Waals surface area contributed by atoms with Crippen molar-refractivity contribution >= 4 is 11.9 Å². The highest BCUT2D eigenvalue weighted by molar-refractivity contribution is 5.94. The van der Waals surface area contributed by atoms with Crippen LogP contribution in [0, 0.1) is 0 Å². The Morgan fingerprint density at radius 3 is 2.31 bits per heavy atom. The molecule has 0 fully saturated rings. The van der Waals surface area contributed by atoms with Crippen LogP contribution in [-0.2, 0) is 16.1 Å². The predicted octanol–water partition coefficient (Wildman–Crippen LogP) is 4.08. The van der Waals surface area contributed by atoms with E-state index in [4.69, 9.17) is 9.47 Å². The third kappa shape index (κ3) is 5.42. The summed E-state index contributed by atoms with van der Waals surface area (Å²) < 4.78 is 11.1. The summed E-state index contributed by atoms with van der Waals surface area (Å²) in [5.41, 5.74) is 1.15. The molecule has 6 nitrogen and oxygen atoms in total. The van der Waals surface area contributed by atoms with Crippen molar-refractivity contribution in [1.82, 2.24) is 9.88 Å². The van der Waals surface area contributed by atoms with Gasteiger partial charge in [-0.05, 0) is 36.8 Å². The van der Waals surface area contributed by atoms with Crippen molar-refractivity contribution in [1.29, 1.82) is 0 Å². The highest BCUT2D eigenvalue weighted by Gasteiger charge is 2.24. The first-order chi connectivity index (χ1) is 14.0. The SMILES string of the molecule is C[C@H](OC(=O)c1cccnc1Oc1ccccc1)C(=O)N(C)Cc1ccccc1. The number of hydrogen-bond acceptors (Lipinski definition) is 5. The summed E-state index contributed by atoms with van der Waals surface area (Å²) >= 11 is 0. The second kappa shape index (κ2) is 9.50. The van der Waals surface area contributed by atoms with E-state index in [1.54, 1.807) is 38.2 Å². The average Bonchev–Trinajstić information content (AvgIpc) is 2.75. The number of rotatable bonds is 7. The van der Waals surface area contributed by atoms with Crippen molar-refractivity contribution in [3.8, 4) is 11.6 Å². The van der Waals surface area contributed by atoms with Crippen LogP contribution in [0.15, 0.2) is 79.0 Å². The van der Waals surface area contributed by atoms with Crippen LogP contribution in [0.5, 0.6) is 11.6 Å². The molecule has 29 heavy (non-hydrogen) atoms. The first-order valence-corrected chi connectivity index (χ1v) is 9.22. The number of benzene rings is 2. The van der Waals surface area contributed by atoms with Crippen molar-refractivity contribution < 1.29 is 19.1 Å². The highest BCUT2D eigenvalue weighted by atomic mass is 16.6. The number of para-hydroxylation sites is 1. The minimum absolute atomic E-state index is 0.126. The number of pyridine rings is 1. The van der Waals surface area contributed by atoms with Gasteiger partial charge < -0.3 is 14.4 Å². The summed E-state index contributed by atoms with van der Waals surface area (Å²) in [6.07, 6.45) is 0.582. The van der Waals surface area contributed by atoms with Gasteiger partial charge in [-0.2, -0.15) is 0 Å². The zero-order chi connectivity index (χ0) is 20.6. The van der Waals surface area contributed by atoms with Crippen molar-refractivity contribution in [2.24, 2.45) is 0 Å². The normalized spacial score (nSPS) is 11.4. The zero-order valence-corrected chi connectivity index (χ0v) is 16.3. The fourth-order valence-corrected chi connectivity index (χ4v) is 2.75. The van der Waals surface area contributed by atoms with Gasteiger partial charge >= 0.3 is 5.97 Å². The number of amides is 1. The zero-order valence-electron chi connectivity index (χ0n) is 16.3. The largest absolute Gasteiger partial charge is 0.449 e. The predicted molar refractivity (Wildman–Crippen MR) is 109 cm³/mol. The number of carbonyl (C=O) groups excluding carboxylic acids is 2. The van der Waals surface area contributed by atoms with Gasteiger partial charge in [0.15, 0.2) is 6.10 Å². The smallest absolute Gasteiger partial charge is 0.344 e. The van der Waals surface area contributed by atoms with Crippen LogP contribution in [0.4, 0.5) is 0 Å². The summed E-state index contributed by atoms with van der Waals surface area (Å²) in [6.45, 7) is 1.98. The monoisotopic (exact) mass is 390 g/mol. The first-order valence-electron chi connectivity index (χ1n) is 9.22. The number of aromatic nitrogens is 1. The molecule has 0 saturated heterocycles. The van der Waals surface area contributed by atoms with E-state index in [1.807, 2.05) is 48.5 Å².